The van der Waals surface area contributed by atoms with Crippen molar-refractivity contribution >= 4 is 11.9 Å². The molecular formula is C15H24N2O3WY-2. The molecule has 0 bridgehead atoms. The van der Waals surface area contributed by atoms with Crippen LogP contribution in [0.25, 0.3) is 5.32 Å². The maximum atomic E-state index is 12.5. The Balaban J connectivity index is 0.00000220. The molecule has 1 aliphatic carbocycles. The molecule has 1 amide bonds. The number of hydrogen-bond acceptors (Lipinski definition) is 3. The van der Waals surface area contributed by atoms with Crippen molar-refractivity contribution in [2.75, 3.05) is 26.2 Å². The first-order valence-electron chi connectivity index (χ1n) is 7.61. The van der Waals surface area contributed by atoms with Gasteiger partial charge in [-0.3, -0.25) is 16.5 Å². The van der Waals surface area contributed by atoms with Crippen molar-refractivity contribution in [3.05, 3.63) is 12.2 Å². The molecule has 123 valence electrons. The molecular weight excluding hydrogens is 529 g/mol. The fourth-order valence-corrected chi connectivity index (χ4v) is 3.11. The van der Waals surface area contributed by atoms with E-state index < -0.39 is 12.1 Å². The number of nitrogens with zero attached hydrogens (tertiary/aromatic N) is 2. The van der Waals surface area contributed by atoms with E-state index in [0.717, 1.165) is 12.8 Å². The van der Waals surface area contributed by atoms with Crippen LogP contribution < -0.4 is 0 Å². The molecule has 1 radical (unpaired) electrons. The van der Waals surface area contributed by atoms with Gasteiger partial charge >= 0.3 is 0 Å². The molecule has 0 aromatic carbocycles. The second-order valence-electron chi connectivity index (χ2n) is 5.71. The van der Waals surface area contributed by atoms with Crippen LogP contribution >= 0.6 is 0 Å². The van der Waals surface area contributed by atoms with E-state index in [2.05, 4.69) is 12.2 Å². The standard InChI is InChI=1S/C15H24N2O3.W.Y/c1-12(18)20-14(11-13-5-3-2-4-6-13)15(19)17-9-7-16-8-10-17;;/h13-14H,1-11H2;;/q-2;;/t14-;;/m1../s1. The van der Waals surface area contributed by atoms with Crippen molar-refractivity contribution in [1.82, 2.24) is 4.90 Å². The monoisotopic (exact) mass is 553 g/mol. The van der Waals surface area contributed by atoms with Crippen LogP contribution in [-0.2, 0) is 68.1 Å². The zero-order valence-electron chi connectivity index (χ0n) is 13.0. The largest absolute Gasteiger partial charge is 0.659 e. The minimum atomic E-state index is -0.652. The topological polar surface area (TPSA) is 60.7 Å². The molecule has 1 saturated carbocycles. The van der Waals surface area contributed by atoms with Gasteiger partial charge in [-0.2, -0.15) is 0 Å². The Kier molecular flexibility index (Phi) is 12.3. The quantitative estimate of drug-likeness (QED) is 0.395. The van der Waals surface area contributed by atoms with Gasteiger partial charge in [-0.05, 0) is 12.3 Å². The maximum Gasteiger partial charge on any atom is 0.263 e. The average molecular weight is 553 g/mol. The van der Waals surface area contributed by atoms with E-state index in [0.29, 0.717) is 38.5 Å². The molecule has 0 aromatic heterocycles. The third-order valence-electron chi connectivity index (χ3n) is 4.19. The van der Waals surface area contributed by atoms with Crippen LogP contribution in [0.2, 0.25) is 0 Å². The van der Waals surface area contributed by atoms with Crippen molar-refractivity contribution in [3.63, 3.8) is 0 Å². The third kappa shape index (κ3) is 7.42. The van der Waals surface area contributed by atoms with Gasteiger partial charge in [0.15, 0.2) is 12.1 Å². The Hall–Kier alpha value is 0.562. The first-order valence-corrected chi connectivity index (χ1v) is 7.61. The molecule has 0 aromatic rings. The summed E-state index contributed by atoms with van der Waals surface area (Å²) in [7, 11) is 0. The molecule has 22 heavy (non-hydrogen) atoms. The van der Waals surface area contributed by atoms with Gasteiger partial charge in [0.25, 0.3) is 5.91 Å². The first-order chi connectivity index (χ1) is 9.66. The van der Waals surface area contributed by atoms with Gasteiger partial charge in [0.1, 0.15) is 0 Å². The number of amides is 1. The van der Waals surface area contributed by atoms with Gasteiger partial charge in [-0.1, -0.05) is 32.1 Å². The van der Waals surface area contributed by atoms with Gasteiger partial charge in [-0.25, -0.2) is 0 Å². The smallest absolute Gasteiger partial charge is 0.263 e. The number of carbonyl (C=O) groups excluding carboxylic acids is 2. The number of carbonyl (C=O) groups is 2. The van der Waals surface area contributed by atoms with Gasteiger partial charge < -0.3 is 15.0 Å². The maximum absolute atomic E-state index is 12.5. The summed E-state index contributed by atoms with van der Waals surface area (Å²) in [5.74, 6) is -0.185. The minimum Gasteiger partial charge on any atom is -0.659 e. The molecule has 1 heterocycles. The molecule has 2 fully saturated rings. The summed E-state index contributed by atoms with van der Waals surface area (Å²) < 4.78 is 5.20. The summed E-state index contributed by atoms with van der Waals surface area (Å²) in [5, 5.41) is 4.23. The average Bonchev–Trinajstić information content (AvgIpc) is 2.47. The summed E-state index contributed by atoms with van der Waals surface area (Å²) in [6.07, 6.45) is 5.97. The molecule has 2 rings (SSSR count). The van der Waals surface area contributed by atoms with E-state index in [9.17, 15) is 9.59 Å². The first kappa shape index (κ1) is 22.6. The van der Waals surface area contributed by atoms with Crippen LogP contribution in [0.3, 0.4) is 0 Å². The zero-order chi connectivity index (χ0) is 14.4. The van der Waals surface area contributed by atoms with Crippen LogP contribution in [-0.4, -0.2) is 49.1 Å². The molecule has 1 atom stereocenters. The number of esters is 1. The van der Waals surface area contributed by atoms with Crippen molar-refractivity contribution in [3.8, 4) is 0 Å². The van der Waals surface area contributed by atoms with E-state index in [1.54, 1.807) is 4.90 Å². The predicted octanol–water partition coefficient (Wildman–Crippen LogP) is 1.91. The summed E-state index contributed by atoms with van der Waals surface area (Å²) in [5.41, 5.74) is 0. The van der Waals surface area contributed by atoms with Crippen molar-refractivity contribution in [2.45, 2.75) is 44.6 Å². The van der Waals surface area contributed by atoms with E-state index in [-0.39, 0.29) is 59.7 Å². The number of rotatable bonds is 4. The molecule has 0 unspecified atom stereocenters. The predicted molar refractivity (Wildman–Crippen MR) is 76.1 cm³/mol. The summed E-state index contributed by atoms with van der Waals surface area (Å²) in [6.45, 7) is 5.88. The molecule has 0 N–H and O–H groups in total. The van der Waals surface area contributed by atoms with Crippen LogP contribution in [0.15, 0.2) is 0 Å². The molecule has 2 aliphatic rings. The molecule has 1 aliphatic heterocycles. The Morgan fingerprint density at radius 3 is 2.32 bits per heavy atom. The fraction of sp³-hybridized carbons (Fsp3) is 0.800. The normalized spacial score (nSPS) is 20.3. The van der Waals surface area contributed by atoms with Crippen molar-refractivity contribution in [2.24, 2.45) is 5.92 Å². The molecule has 5 nitrogen and oxygen atoms in total. The Morgan fingerprint density at radius 2 is 1.77 bits per heavy atom. The van der Waals surface area contributed by atoms with Crippen LogP contribution in [0.5, 0.6) is 0 Å². The summed E-state index contributed by atoms with van der Waals surface area (Å²) >= 11 is 0. The van der Waals surface area contributed by atoms with Gasteiger partial charge in [0.2, 0.25) is 0 Å². The van der Waals surface area contributed by atoms with Gasteiger partial charge in [-0.15, -0.1) is 13.1 Å². The van der Waals surface area contributed by atoms with Crippen molar-refractivity contribution in [1.29, 1.82) is 0 Å². The van der Waals surface area contributed by atoms with Crippen LogP contribution in [0.1, 0.15) is 38.5 Å². The summed E-state index contributed by atoms with van der Waals surface area (Å²) in [6, 6.07) is 0. The van der Waals surface area contributed by atoms with E-state index in [1.165, 1.54) is 19.3 Å². The van der Waals surface area contributed by atoms with Crippen LogP contribution in [0, 0.1) is 12.8 Å². The summed E-state index contributed by atoms with van der Waals surface area (Å²) in [4.78, 5) is 25.4. The fourth-order valence-electron chi connectivity index (χ4n) is 3.11. The number of ether oxygens (including phenoxy) is 1. The second-order valence-corrected chi connectivity index (χ2v) is 5.71. The number of hydrogen-bond donors (Lipinski definition) is 0. The number of piperazine rings is 1. The van der Waals surface area contributed by atoms with Crippen molar-refractivity contribution < 1.29 is 68.1 Å². The van der Waals surface area contributed by atoms with Crippen LogP contribution in [0.4, 0.5) is 0 Å². The molecule has 0 spiro atoms. The Labute approximate surface area is 172 Å². The third-order valence-corrected chi connectivity index (χ3v) is 4.19. The SMILES string of the molecule is [CH2-]C(=O)O[C@H](CC1CCCCC1)C(=O)N1CC[N-]CC1.[W].[Y]. The van der Waals surface area contributed by atoms with E-state index in [4.69, 9.17) is 4.74 Å². The Morgan fingerprint density at radius 1 is 1.18 bits per heavy atom. The minimum absolute atomic E-state index is 0. The zero-order valence-corrected chi connectivity index (χ0v) is 18.8. The second kappa shape index (κ2) is 12.0. The van der Waals surface area contributed by atoms with Gasteiger partial charge in [0.05, 0.1) is 0 Å². The van der Waals surface area contributed by atoms with E-state index in [1.807, 2.05) is 0 Å². The molecule has 1 saturated heterocycles. The van der Waals surface area contributed by atoms with E-state index >= 15 is 0 Å². The molecule has 7 heteroatoms. The Bertz CT molecular complexity index is 346. The van der Waals surface area contributed by atoms with Gasteiger partial charge in [0, 0.05) is 66.9 Å².